The van der Waals surface area contributed by atoms with Crippen LogP contribution in [0, 0.1) is 0 Å². The molecule has 1 unspecified atom stereocenters. The highest BCUT2D eigenvalue weighted by atomic mass is 35.5. The van der Waals surface area contributed by atoms with Crippen molar-refractivity contribution in [3.05, 3.63) is 35.4 Å². The number of halogens is 1. The van der Waals surface area contributed by atoms with Gasteiger partial charge in [-0.05, 0) is 32.4 Å². The van der Waals surface area contributed by atoms with Gasteiger partial charge >= 0.3 is 0 Å². The summed E-state index contributed by atoms with van der Waals surface area (Å²) in [5.41, 5.74) is 1.65. The van der Waals surface area contributed by atoms with Crippen molar-refractivity contribution in [2.45, 2.75) is 32.2 Å². The molecule has 1 N–H and O–H groups in total. The Hall–Kier alpha value is -1.39. The number of nitrogens with zero attached hydrogens (tertiary/aromatic N) is 1. The molecule has 1 saturated heterocycles. The van der Waals surface area contributed by atoms with E-state index < -0.39 is 0 Å². The van der Waals surface area contributed by atoms with E-state index in [1.54, 1.807) is 19.1 Å². The zero-order valence-corrected chi connectivity index (χ0v) is 13.4. The molecule has 0 spiro atoms. The molecule has 0 bridgehead atoms. The zero-order valence-electron chi connectivity index (χ0n) is 12.6. The molecule has 1 aromatic rings. The van der Waals surface area contributed by atoms with Crippen molar-refractivity contribution in [2.24, 2.45) is 0 Å². The van der Waals surface area contributed by atoms with Gasteiger partial charge < -0.3 is 10.2 Å². The summed E-state index contributed by atoms with van der Waals surface area (Å²) in [6.45, 7) is 3.19. The summed E-state index contributed by atoms with van der Waals surface area (Å²) in [6.07, 6.45) is 2.60. The molecule has 1 amide bonds. The molecule has 1 aromatic carbocycles. The minimum Gasteiger partial charge on any atom is -0.341 e. The number of carbonyl (C=O) groups excluding carboxylic acids is 2. The van der Waals surface area contributed by atoms with Crippen molar-refractivity contribution in [1.82, 2.24) is 10.2 Å². The Bertz CT molecular complexity index is 488. The van der Waals surface area contributed by atoms with Crippen LogP contribution < -0.4 is 5.32 Å². The Balaban J connectivity index is 0.00000220. The molecule has 21 heavy (non-hydrogen) atoms. The van der Waals surface area contributed by atoms with Crippen molar-refractivity contribution in [2.75, 3.05) is 20.1 Å². The van der Waals surface area contributed by atoms with E-state index >= 15 is 0 Å². The Morgan fingerprint density at radius 3 is 2.52 bits per heavy atom. The van der Waals surface area contributed by atoms with Crippen molar-refractivity contribution in [1.29, 1.82) is 0 Å². The molecule has 0 radical (unpaired) electrons. The second kappa shape index (κ2) is 8.15. The topological polar surface area (TPSA) is 49.4 Å². The molecular weight excluding hydrogens is 288 g/mol. The molecule has 2 rings (SSSR count). The Morgan fingerprint density at radius 2 is 1.95 bits per heavy atom. The maximum absolute atomic E-state index is 12.3. The molecule has 1 atom stereocenters. The molecule has 1 heterocycles. The second-order valence-electron chi connectivity index (χ2n) is 5.40. The normalized spacial score (nSPS) is 18.0. The number of Topliss-reactive ketones (excluding diaryl/α,β-unsaturated/α-hetero) is 1. The average molecular weight is 311 g/mol. The van der Waals surface area contributed by atoms with Crippen LogP contribution in [0.5, 0.6) is 0 Å². The lowest BCUT2D eigenvalue weighted by atomic mass is 10.0. The van der Waals surface area contributed by atoms with Crippen LogP contribution in [0.1, 0.15) is 35.7 Å². The van der Waals surface area contributed by atoms with Crippen LogP contribution >= 0.6 is 12.4 Å². The summed E-state index contributed by atoms with van der Waals surface area (Å²) < 4.78 is 0. The Labute approximate surface area is 132 Å². The van der Waals surface area contributed by atoms with Gasteiger partial charge in [0, 0.05) is 24.7 Å². The number of hydrogen-bond donors (Lipinski definition) is 1. The van der Waals surface area contributed by atoms with E-state index in [1.807, 2.05) is 24.1 Å². The zero-order chi connectivity index (χ0) is 14.5. The predicted octanol–water partition coefficient (Wildman–Crippen LogP) is 2.06. The number of benzene rings is 1. The first kappa shape index (κ1) is 17.7. The van der Waals surface area contributed by atoms with Crippen LogP contribution in [0.3, 0.4) is 0 Å². The maximum Gasteiger partial charge on any atom is 0.227 e. The second-order valence-corrected chi connectivity index (χ2v) is 5.40. The van der Waals surface area contributed by atoms with Gasteiger partial charge in [-0.15, -0.1) is 12.4 Å². The van der Waals surface area contributed by atoms with Gasteiger partial charge in [-0.2, -0.15) is 0 Å². The highest BCUT2D eigenvalue weighted by Gasteiger charge is 2.22. The van der Waals surface area contributed by atoms with E-state index in [1.165, 1.54) is 0 Å². The number of amides is 1. The first-order valence-electron chi connectivity index (χ1n) is 7.15. The van der Waals surface area contributed by atoms with E-state index in [9.17, 15) is 9.59 Å². The van der Waals surface area contributed by atoms with E-state index in [-0.39, 0.29) is 24.1 Å². The fraction of sp³-hybridized carbons (Fsp3) is 0.500. The lowest BCUT2D eigenvalue weighted by Gasteiger charge is -2.32. The molecule has 0 saturated carbocycles. The summed E-state index contributed by atoms with van der Waals surface area (Å²) in [5, 5.41) is 3.24. The SMILES string of the molecule is CNC1CCCN(C(=O)Cc2ccc(C(C)=O)cc2)C1.Cl. The number of likely N-dealkylation sites (tertiary alicyclic amines) is 1. The number of hydrogen-bond acceptors (Lipinski definition) is 3. The minimum absolute atomic E-state index is 0. The van der Waals surface area contributed by atoms with Crippen molar-refractivity contribution < 1.29 is 9.59 Å². The summed E-state index contributed by atoms with van der Waals surface area (Å²) in [5.74, 6) is 0.219. The van der Waals surface area contributed by atoms with Gasteiger partial charge in [-0.25, -0.2) is 0 Å². The molecule has 1 aliphatic heterocycles. The van der Waals surface area contributed by atoms with Crippen LogP contribution in [0.15, 0.2) is 24.3 Å². The first-order chi connectivity index (χ1) is 9.60. The monoisotopic (exact) mass is 310 g/mol. The lowest BCUT2D eigenvalue weighted by molar-refractivity contribution is -0.131. The number of likely N-dealkylation sites (N-methyl/N-ethyl adjacent to an activating group) is 1. The molecule has 116 valence electrons. The van der Waals surface area contributed by atoms with Crippen LogP contribution in [0.4, 0.5) is 0 Å². The van der Waals surface area contributed by atoms with E-state index in [0.29, 0.717) is 18.0 Å². The fourth-order valence-electron chi connectivity index (χ4n) is 2.58. The summed E-state index contributed by atoms with van der Waals surface area (Å²) in [4.78, 5) is 25.4. The van der Waals surface area contributed by atoms with E-state index in [0.717, 1.165) is 31.5 Å². The number of carbonyl (C=O) groups is 2. The Kier molecular flexibility index (Phi) is 6.85. The van der Waals surface area contributed by atoms with Crippen molar-refractivity contribution >= 4 is 24.1 Å². The predicted molar refractivity (Wildman–Crippen MR) is 86.1 cm³/mol. The smallest absolute Gasteiger partial charge is 0.227 e. The molecule has 5 heteroatoms. The fourth-order valence-corrected chi connectivity index (χ4v) is 2.58. The number of piperidine rings is 1. The minimum atomic E-state index is 0. The largest absolute Gasteiger partial charge is 0.341 e. The Morgan fingerprint density at radius 1 is 1.29 bits per heavy atom. The summed E-state index contributed by atoms with van der Waals surface area (Å²) >= 11 is 0. The van der Waals surface area contributed by atoms with Crippen LogP contribution in [-0.2, 0) is 11.2 Å². The lowest BCUT2D eigenvalue weighted by Crippen LogP contribution is -2.47. The third-order valence-electron chi connectivity index (χ3n) is 3.90. The van der Waals surface area contributed by atoms with Crippen LogP contribution in [0.2, 0.25) is 0 Å². The number of ketones is 1. The van der Waals surface area contributed by atoms with Gasteiger partial charge in [0.05, 0.1) is 6.42 Å². The van der Waals surface area contributed by atoms with Gasteiger partial charge in [0.25, 0.3) is 0 Å². The maximum atomic E-state index is 12.3. The standard InChI is InChI=1S/C16H22N2O2.ClH/c1-12(19)14-7-5-13(6-8-14)10-16(20)18-9-3-4-15(11-18)17-2;/h5-8,15,17H,3-4,9-11H2,1-2H3;1H. The first-order valence-corrected chi connectivity index (χ1v) is 7.15. The van der Waals surface area contributed by atoms with E-state index in [4.69, 9.17) is 0 Å². The average Bonchev–Trinajstić information content (AvgIpc) is 2.47. The third-order valence-corrected chi connectivity index (χ3v) is 3.90. The summed E-state index contributed by atoms with van der Waals surface area (Å²) in [7, 11) is 1.94. The molecule has 4 nitrogen and oxygen atoms in total. The van der Waals surface area contributed by atoms with Gasteiger partial charge in [-0.3, -0.25) is 9.59 Å². The highest BCUT2D eigenvalue weighted by molar-refractivity contribution is 5.94. The van der Waals surface area contributed by atoms with E-state index in [2.05, 4.69) is 5.32 Å². The van der Waals surface area contributed by atoms with Gasteiger partial charge in [0.2, 0.25) is 5.91 Å². The third kappa shape index (κ3) is 4.83. The van der Waals surface area contributed by atoms with Crippen LogP contribution in [0.25, 0.3) is 0 Å². The molecule has 0 aromatic heterocycles. The van der Waals surface area contributed by atoms with Gasteiger partial charge in [-0.1, -0.05) is 24.3 Å². The summed E-state index contributed by atoms with van der Waals surface area (Å²) in [6, 6.07) is 7.73. The number of nitrogens with one attached hydrogen (secondary N) is 1. The highest BCUT2D eigenvalue weighted by Crippen LogP contribution is 2.13. The molecule has 1 fully saturated rings. The molecule has 0 aliphatic carbocycles. The van der Waals surface area contributed by atoms with Gasteiger partial charge in [0.1, 0.15) is 0 Å². The van der Waals surface area contributed by atoms with Gasteiger partial charge in [0.15, 0.2) is 5.78 Å². The number of rotatable bonds is 4. The molecular formula is C16H23ClN2O2. The van der Waals surface area contributed by atoms with Crippen molar-refractivity contribution in [3.8, 4) is 0 Å². The van der Waals surface area contributed by atoms with Crippen LogP contribution in [-0.4, -0.2) is 42.8 Å². The van der Waals surface area contributed by atoms with Crippen molar-refractivity contribution in [3.63, 3.8) is 0 Å². The quantitative estimate of drug-likeness (QED) is 0.866. The molecule has 1 aliphatic rings.